The SMILES string of the molecule is CCn1cc(NC(=O)NCc2ccc(Cl)cc2)c2cc(-c3nc(CN4CCOCC4)cs3)ccc21. The van der Waals surface area contributed by atoms with Gasteiger partial charge in [0.1, 0.15) is 5.01 Å². The summed E-state index contributed by atoms with van der Waals surface area (Å²) in [5.74, 6) is 0. The van der Waals surface area contributed by atoms with Gasteiger partial charge in [-0.25, -0.2) is 9.78 Å². The molecule has 1 saturated heterocycles. The molecule has 0 unspecified atom stereocenters. The minimum Gasteiger partial charge on any atom is -0.379 e. The molecular formula is C26H28ClN5O2S. The maximum atomic E-state index is 12.7. The van der Waals surface area contributed by atoms with Gasteiger partial charge in [0.25, 0.3) is 0 Å². The van der Waals surface area contributed by atoms with Crippen LogP contribution < -0.4 is 10.6 Å². The van der Waals surface area contributed by atoms with Crippen LogP contribution in [0.3, 0.4) is 0 Å². The molecule has 4 aromatic rings. The molecule has 0 spiro atoms. The molecule has 2 aromatic heterocycles. The number of carbonyl (C=O) groups is 1. The normalized spacial score (nSPS) is 14.3. The monoisotopic (exact) mass is 509 g/mol. The molecule has 1 aliphatic rings. The lowest BCUT2D eigenvalue weighted by atomic mass is 10.1. The second-order valence-electron chi connectivity index (χ2n) is 8.53. The van der Waals surface area contributed by atoms with Gasteiger partial charge in [-0.05, 0) is 42.8 Å². The number of hydrogen-bond donors (Lipinski definition) is 2. The summed E-state index contributed by atoms with van der Waals surface area (Å²) in [6.07, 6.45) is 1.99. The van der Waals surface area contributed by atoms with E-state index in [1.165, 1.54) is 0 Å². The number of urea groups is 1. The standard InChI is InChI=1S/C26H28ClN5O2S/c1-2-32-16-23(30-26(33)28-14-18-3-6-20(27)7-4-18)22-13-19(5-8-24(22)32)25-29-21(17-35-25)15-31-9-11-34-12-10-31/h3-8,13,16-17H,2,9-12,14-15H2,1H3,(H2,28,30,33). The van der Waals surface area contributed by atoms with E-state index in [1.54, 1.807) is 11.3 Å². The van der Waals surface area contributed by atoms with Crippen molar-refractivity contribution >= 4 is 45.6 Å². The highest BCUT2D eigenvalue weighted by atomic mass is 35.5. The highest BCUT2D eigenvalue weighted by molar-refractivity contribution is 7.13. The molecule has 2 amide bonds. The zero-order chi connectivity index (χ0) is 24.2. The van der Waals surface area contributed by atoms with Crippen LogP contribution >= 0.6 is 22.9 Å². The first kappa shape index (κ1) is 23.8. The molecule has 1 fully saturated rings. The number of nitrogens with one attached hydrogen (secondary N) is 2. The number of aromatic nitrogens is 2. The van der Waals surface area contributed by atoms with Crippen molar-refractivity contribution in [3.05, 3.63) is 70.3 Å². The number of fused-ring (bicyclic) bond motifs is 1. The van der Waals surface area contributed by atoms with Gasteiger partial charge in [-0.1, -0.05) is 23.7 Å². The summed E-state index contributed by atoms with van der Waals surface area (Å²) < 4.78 is 7.58. The van der Waals surface area contributed by atoms with Crippen molar-refractivity contribution in [1.82, 2.24) is 19.8 Å². The molecule has 0 atom stereocenters. The molecule has 0 aliphatic carbocycles. The Morgan fingerprint density at radius 3 is 2.74 bits per heavy atom. The van der Waals surface area contributed by atoms with Crippen LogP contribution in [0.25, 0.3) is 21.5 Å². The quantitative estimate of drug-likeness (QED) is 0.340. The lowest BCUT2D eigenvalue weighted by Gasteiger charge is -2.25. The Hall–Kier alpha value is -2.91. The number of ether oxygens (including phenoxy) is 1. The van der Waals surface area contributed by atoms with E-state index in [0.717, 1.165) is 77.8 Å². The third kappa shape index (κ3) is 5.67. The topological polar surface area (TPSA) is 71.4 Å². The van der Waals surface area contributed by atoms with Crippen LogP contribution in [-0.4, -0.2) is 46.8 Å². The highest BCUT2D eigenvalue weighted by Crippen LogP contribution is 2.32. The van der Waals surface area contributed by atoms with Crippen molar-refractivity contribution in [1.29, 1.82) is 0 Å². The van der Waals surface area contributed by atoms with Gasteiger partial charge in [0.05, 0.1) is 30.1 Å². The van der Waals surface area contributed by atoms with Crippen molar-refractivity contribution in [2.45, 2.75) is 26.6 Å². The van der Waals surface area contributed by atoms with E-state index < -0.39 is 0 Å². The summed E-state index contributed by atoms with van der Waals surface area (Å²) in [6, 6.07) is 13.5. The number of anilines is 1. The number of halogens is 1. The van der Waals surface area contributed by atoms with Gasteiger partial charge < -0.3 is 19.9 Å². The maximum absolute atomic E-state index is 12.7. The van der Waals surface area contributed by atoms with Gasteiger partial charge in [-0.15, -0.1) is 11.3 Å². The van der Waals surface area contributed by atoms with Crippen LogP contribution in [0.5, 0.6) is 0 Å². The van der Waals surface area contributed by atoms with E-state index in [2.05, 4.69) is 50.6 Å². The second kappa shape index (κ2) is 10.8. The number of thiazole rings is 1. The minimum absolute atomic E-state index is 0.248. The second-order valence-corrected chi connectivity index (χ2v) is 9.82. The molecular weight excluding hydrogens is 482 g/mol. The van der Waals surface area contributed by atoms with Crippen LogP contribution in [0.1, 0.15) is 18.2 Å². The number of rotatable bonds is 7. The maximum Gasteiger partial charge on any atom is 0.319 e. The van der Waals surface area contributed by atoms with Gasteiger partial charge in [-0.3, -0.25) is 4.90 Å². The van der Waals surface area contributed by atoms with Crippen molar-refractivity contribution < 1.29 is 9.53 Å². The third-order valence-corrected chi connectivity index (χ3v) is 7.32. The molecule has 2 N–H and O–H groups in total. The number of amides is 2. The fraction of sp³-hybridized carbons (Fsp3) is 0.308. The van der Waals surface area contributed by atoms with Crippen LogP contribution in [0.2, 0.25) is 5.02 Å². The predicted octanol–water partition coefficient (Wildman–Crippen LogP) is 5.59. The van der Waals surface area contributed by atoms with Gasteiger partial charge in [0.15, 0.2) is 0 Å². The van der Waals surface area contributed by atoms with Crippen LogP contribution in [0.15, 0.2) is 54.0 Å². The summed E-state index contributed by atoms with van der Waals surface area (Å²) >= 11 is 7.60. The fourth-order valence-corrected chi connectivity index (χ4v) is 5.18. The Kier molecular flexibility index (Phi) is 7.34. The van der Waals surface area contributed by atoms with Gasteiger partial charge in [-0.2, -0.15) is 0 Å². The van der Waals surface area contributed by atoms with Gasteiger partial charge in [0, 0.05) is 60.3 Å². The average molecular weight is 510 g/mol. The zero-order valence-electron chi connectivity index (χ0n) is 19.6. The lowest BCUT2D eigenvalue weighted by Crippen LogP contribution is -2.35. The Morgan fingerprint density at radius 1 is 1.17 bits per heavy atom. The molecule has 5 rings (SSSR count). The number of aryl methyl sites for hydroxylation is 1. The number of hydrogen-bond acceptors (Lipinski definition) is 5. The average Bonchev–Trinajstić information content (AvgIpc) is 3.48. The Morgan fingerprint density at radius 2 is 1.97 bits per heavy atom. The van der Waals surface area contributed by atoms with Crippen LogP contribution in [0.4, 0.5) is 10.5 Å². The molecule has 35 heavy (non-hydrogen) atoms. The highest BCUT2D eigenvalue weighted by Gasteiger charge is 2.15. The summed E-state index contributed by atoms with van der Waals surface area (Å²) in [7, 11) is 0. The zero-order valence-corrected chi connectivity index (χ0v) is 21.2. The molecule has 2 aromatic carbocycles. The molecule has 0 radical (unpaired) electrons. The predicted molar refractivity (Wildman–Crippen MR) is 142 cm³/mol. The van der Waals surface area contributed by atoms with Crippen LogP contribution in [0, 0.1) is 0 Å². The van der Waals surface area contributed by atoms with E-state index in [1.807, 2.05) is 30.5 Å². The Labute approximate surface area is 213 Å². The first-order valence-electron chi connectivity index (χ1n) is 11.8. The lowest BCUT2D eigenvalue weighted by molar-refractivity contribution is 0.0337. The van der Waals surface area contributed by atoms with E-state index in [-0.39, 0.29) is 6.03 Å². The number of morpholine rings is 1. The van der Waals surface area contributed by atoms with Crippen molar-refractivity contribution in [2.75, 3.05) is 31.6 Å². The third-order valence-electron chi connectivity index (χ3n) is 6.12. The molecule has 0 bridgehead atoms. The molecule has 7 nitrogen and oxygen atoms in total. The number of nitrogens with zero attached hydrogens (tertiary/aromatic N) is 3. The first-order chi connectivity index (χ1) is 17.1. The molecule has 0 saturated carbocycles. The number of carbonyl (C=O) groups excluding carboxylic acids is 1. The molecule has 9 heteroatoms. The van der Waals surface area contributed by atoms with Gasteiger partial charge in [0.2, 0.25) is 0 Å². The fourth-order valence-electron chi connectivity index (χ4n) is 4.24. The molecule has 3 heterocycles. The smallest absolute Gasteiger partial charge is 0.319 e. The van der Waals surface area contributed by atoms with E-state index in [4.69, 9.17) is 21.3 Å². The molecule has 182 valence electrons. The number of benzene rings is 2. The summed E-state index contributed by atoms with van der Waals surface area (Å²) in [6.45, 7) is 7.62. The van der Waals surface area contributed by atoms with Crippen molar-refractivity contribution in [3.8, 4) is 10.6 Å². The van der Waals surface area contributed by atoms with Crippen molar-refractivity contribution in [2.24, 2.45) is 0 Å². The minimum atomic E-state index is -0.248. The van der Waals surface area contributed by atoms with E-state index in [9.17, 15) is 4.79 Å². The van der Waals surface area contributed by atoms with Gasteiger partial charge >= 0.3 is 6.03 Å². The summed E-state index contributed by atoms with van der Waals surface area (Å²) in [5.41, 5.74) is 4.98. The van der Waals surface area contributed by atoms with Crippen molar-refractivity contribution in [3.63, 3.8) is 0 Å². The summed E-state index contributed by atoms with van der Waals surface area (Å²) in [5, 5.41) is 10.7. The van der Waals surface area contributed by atoms with Crippen LogP contribution in [-0.2, 0) is 24.4 Å². The Bertz CT molecular complexity index is 1310. The Balaban J connectivity index is 1.32. The molecule has 1 aliphatic heterocycles. The summed E-state index contributed by atoms with van der Waals surface area (Å²) in [4.78, 5) is 19.9. The van der Waals surface area contributed by atoms with E-state index in [0.29, 0.717) is 11.6 Å². The van der Waals surface area contributed by atoms with E-state index >= 15 is 0 Å². The largest absolute Gasteiger partial charge is 0.379 e. The first-order valence-corrected chi connectivity index (χ1v) is 13.0.